The van der Waals surface area contributed by atoms with Crippen LogP contribution >= 0.6 is 0 Å². The number of benzene rings is 2. The number of aliphatic hydroxyl groups is 1. The SMILES string of the molecule is Cc1ccccc1COc1ccc(/C(O)=C2\C(=O)C(=O)N(Cc3cccnc3)[C@@H]2c2ccncc2)cc1. The molecule has 184 valence electrons. The highest BCUT2D eigenvalue weighted by Crippen LogP contribution is 2.40. The molecule has 5 rings (SSSR count). The van der Waals surface area contributed by atoms with E-state index in [2.05, 4.69) is 9.97 Å². The molecule has 1 N–H and O–H groups in total. The molecule has 0 spiro atoms. The van der Waals surface area contributed by atoms with Crippen LogP contribution in [0.2, 0.25) is 0 Å². The van der Waals surface area contributed by atoms with Crippen molar-refractivity contribution in [3.8, 4) is 5.75 Å². The molecule has 2 aromatic carbocycles. The molecule has 1 aliphatic rings. The number of aryl methyl sites for hydroxylation is 1. The Morgan fingerprint density at radius 2 is 1.68 bits per heavy atom. The second kappa shape index (κ2) is 10.5. The van der Waals surface area contributed by atoms with Crippen LogP contribution in [-0.2, 0) is 22.7 Å². The topological polar surface area (TPSA) is 92.6 Å². The maximum absolute atomic E-state index is 13.2. The van der Waals surface area contributed by atoms with Gasteiger partial charge in [0.1, 0.15) is 18.1 Å². The van der Waals surface area contributed by atoms with Gasteiger partial charge in [0.05, 0.1) is 11.6 Å². The third-order valence-corrected chi connectivity index (χ3v) is 6.42. The number of nitrogens with zero attached hydrogens (tertiary/aromatic N) is 3. The maximum Gasteiger partial charge on any atom is 0.295 e. The fourth-order valence-electron chi connectivity index (χ4n) is 4.42. The van der Waals surface area contributed by atoms with Crippen LogP contribution < -0.4 is 4.74 Å². The van der Waals surface area contributed by atoms with Gasteiger partial charge in [-0.05, 0) is 71.6 Å². The van der Waals surface area contributed by atoms with E-state index in [0.29, 0.717) is 23.5 Å². The predicted octanol–water partition coefficient (Wildman–Crippen LogP) is 4.99. The lowest BCUT2D eigenvalue weighted by Crippen LogP contribution is -2.29. The molecule has 0 unspecified atom stereocenters. The standard InChI is InChI=1S/C30H25N3O4/c1-20-5-2-3-7-24(20)19-37-25-10-8-23(9-11-25)28(34)26-27(22-12-15-31-16-13-22)33(30(36)29(26)35)18-21-6-4-14-32-17-21/h2-17,27,34H,18-19H2,1H3/b28-26+/t27-/m1/s1. The van der Waals surface area contributed by atoms with Crippen molar-refractivity contribution in [1.29, 1.82) is 0 Å². The zero-order chi connectivity index (χ0) is 25.8. The van der Waals surface area contributed by atoms with E-state index in [1.807, 2.05) is 37.3 Å². The van der Waals surface area contributed by atoms with Gasteiger partial charge in [0.25, 0.3) is 11.7 Å². The first-order valence-electron chi connectivity index (χ1n) is 11.9. The van der Waals surface area contributed by atoms with Crippen LogP contribution in [0, 0.1) is 6.92 Å². The third kappa shape index (κ3) is 4.97. The minimum absolute atomic E-state index is 0.0358. The van der Waals surface area contributed by atoms with Gasteiger partial charge in [-0.3, -0.25) is 19.6 Å². The monoisotopic (exact) mass is 491 g/mol. The first-order chi connectivity index (χ1) is 18.0. The highest BCUT2D eigenvalue weighted by atomic mass is 16.5. The smallest absolute Gasteiger partial charge is 0.295 e. The van der Waals surface area contributed by atoms with Crippen molar-refractivity contribution >= 4 is 17.4 Å². The van der Waals surface area contributed by atoms with Crippen molar-refractivity contribution in [2.75, 3.05) is 0 Å². The van der Waals surface area contributed by atoms with Gasteiger partial charge in [0.2, 0.25) is 0 Å². The van der Waals surface area contributed by atoms with Gasteiger partial charge in [-0.2, -0.15) is 0 Å². The molecule has 7 nitrogen and oxygen atoms in total. The fraction of sp³-hybridized carbons (Fsp3) is 0.133. The molecule has 0 saturated carbocycles. The molecule has 1 saturated heterocycles. The zero-order valence-electron chi connectivity index (χ0n) is 20.2. The van der Waals surface area contributed by atoms with Gasteiger partial charge in [-0.15, -0.1) is 0 Å². The van der Waals surface area contributed by atoms with Crippen LogP contribution in [0.5, 0.6) is 5.75 Å². The Morgan fingerprint density at radius 3 is 2.38 bits per heavy atom. The number of ketones is 1. The summed E-state index contributed by atoms with van der Waals surface area (Å²) in [5.41, 5.74) is 4.14. The van der Waals surface area contributed by atoms with Crippen molar-refractivity contribution < 1.29 is 19.4 Å². The van der Waals surface area contributed by atoms with Crippen LogP contribution in [0.4, 0.5) is 0 Å². The Bertz CT molecular complexity index is 1450. The number of rotatable bonds is 7. The molecule has 0 bridgehead atoms. The largest absolute Gasteiger partial charge is 0.507 e. The lowest BCUT2D eigenvalue weighted by atomic mass is 9.96. The first kappa shape index (κ1) is 23.9. The molecule has 2 aromatic heterocycles. The molecule has 37 heavy (non-hydrogen) atoms. The minimum atomic E-state index is -0.764. The third-order valence-electron chi connectivity index (χ3n) is 6.42. The van der Waals surface area contributed by atoms with E-state index >= 15 is 0 Å². The summed E-state index contributed by atoms with van der Waals surface area (Å²) in [7, 11) is 0. The molecule has 1 amide bonds. The van der Waals surface area contributed by atoms with Crippen LogP contribution in [0.15, 0.2) is 103 Å². The van der Waals surface area contributed by atoms with E-state index < -0.39 is 17.7 Å². The second-order valence-electron chi connectivity index (χ2n) is 8.81. The summed E-state index contributed by atoms with van der Waals surface area (Å²) in [5, 5.41) is 11.3. The van der Waals surface area contributed by atoms with E-state index in [1.165, 1.54) is 4.90 Å². The molecule has 4 aromatic rings. The number of amides is 1. The number of carbonyl (C=O) groups excluding carboxylic acids is 2. The highest BCUT2D eigenvalue weighted by Gasteiger charge is 2.46. The van der Waals surface area contributed by atoms with E-state index in [4.69, 9.17) is 4.74 Å². The van der Waals surface area contributed by atoms with Crippen molar-refractivity contribution in [1.82, 2.24) is 14.9 Å². The molecule has 1 aliphatic heterocycles. The highest BCUT2D eigenvalue weighted by molar-refractivity contribution is 6.46. The summed E-state index contributed by atoms with van der Waals surface area (Å²) in [6, 6.07) is 21.2. The Kier molecular flexibility index (Phi) is 6.76. The zero-order valence-corrected chi connectivity index (χ0v) is 20.2. The molecule has 1 atom stereocenters. The summed E-state index contributed by atoms with van der Waals surface area (Å²) in [5.74, 6) is -1.02. The van der Waals surface area contributed by atoms with Gasteiger partial charge < -0.3 is 14.7 Å². The van der Waals surface area contributed by atoms with E-state index in [-0.39, 0.29) is 17.9 Å². The summed E-state index contributed by atoms with van der Waals surface area (Å²) in [4.78, 5) is 35.9. The average Bonchev–Trinajstić information content (AvgIpc) is 3.18. The number of hydrogen-bond acceptors (Lipinski definition) is 6. The fourth-order valence-corrected chi connectivity index (χ4v) is 4.42. The molecule has 7 heteroatoms. The number of carbonyl (C=O) groups is 2. The first-order valence-corrected chi connectivity index (χ1v) is 11.9. The Morgan fingerprint density at radius 1 is 0.919 bits per heavy atom. The molecule has 3 heterocycles. The van der Waals surface area contributed by atoms with Gasteiger partial charge in [0, 0.05) is 36.9 Å². The summed E-state index contributed by atoms with van der Waals surface area (Å²) in [6.07, 6.45) is 6.49. The number of Topliss-reactive ketones (excluding diaryl/α,β-unsaturated/α-hetero) is 1. The van der Waals surface area contributed by atoms with Crippen molar-refractivity contribution in [2.24, 2.45) is 0 Å². The van der Waals surface area contributed by atoms with Crippen molar-refractivity contribution in [3.63, 3.8) is 0 Å². The lowest BCUT2D eigenvalue weighted by molar-refractivity contribution is -0.140. The Labute approximate surface area is 214 Å². The Hall–Kier alpha value is -4.78. The average molecular weight is 492 g/mol. The van der Waals surface area contributed by atoms with Gasteiger partial charge >= 0.3 is 0 Å². The summed E-state index contributed by atoms with van der Waals surface area (Å²) in [6.45, 7) is 2.62. The number of hydrogen-bond donors (Lipinski definition) is 1. The van der Waals surface area contributed by atoms with E-state index in [0.717, 1.165) is 16.7 Å². The normalized spacial score (nSPS) is 16.7. The number of pyridine rings is 2. The van der Waals surface area contributed by atoms with E-state index in [9.17, 15) is 14.7 Å². The number of aliphatic hydroxyl groups excluding tert-OH is 1. The van der Waals surface area contributed by atoms with Crippen LogP contribution in [0.1, 0.15) is 33.9 Å². The van der Waals surface area contributed by atoms with Gasteiger partial charge in [0.15, 0.2) is 0 Å². The number of aromatic nitrogens is 2. The van der Waals surface area contributed by atoms with E-state index in [1.54, 1.807) is 67.3 Å². The minimum Gasteiger partial charge on any atom is -0.507 e. The molecule has 0 radical (unpaired) electrons. The second-order valence-corrected chi connectivity index (χ2v) is 8.81. The van der Waals surface area contributed by atoms with Gasteiger partial charge in [-0.25, -0.2) is 0 Å². The number of likely N-dealkylation sites (tertiary alicyclic amines) is 1. The lowest BCUT2D eigenvalue weighted by Gasteiger charge is -2.25. The quantitative estimate of drug-likeness (QED) is 0.223. The van der Waals surface area contributed by atoms with Crippen LogP contribution in [0.3, 0.4) is 0 Å². The summed E-state index contributed by atoms with van der Waals surface area (Å²) < 4.78 is 5.91. The van der Waals surface area contributed by atoms with Gasteiger partial charge in [-0.1, -0.05) is 30.3 Å². The maximum atomic E-state index is 13.2. The molecule has 0 aliphatic carbocycles. The molecular weight excluding hydrogens is 466 g/mol. The predicted molar refractivity (Wildman–Crippen MR) is 138 cm³/mol. The van der Waals surface area contributed by atoms with Crippen LogP contribution in [-0.4, -0.2) is 31.7 Å². The van der Waals surface area contributed by atoms with Crippen molar-refractivity contribution in [2.45, 2.75) is 26.1 Å². The molecular formula is C30H25N3O4. The Balaban J connectivity index is 1.46. The molecule has 1 fully saturated rings. The number of ether oxygens (including phenoxy) is 1. The van der Waals surface area contributed by atoms with Crippen LogP contribution in [0.25, 0.3) is 5.76 Å². The van der Waals surface area contributed by atoms with Crippen molar-refractivity contribution in [3.05, 3.63) is 131 Å². The summed E-state index contributed by atoms with van der Waals surface area (Å²) >= 11 is 0.